The molecule has 5 rings (SSSR count). The van der Waals surface area contributed by atoms with Crippen LogP contribution >= 0.6 is 12.2 Å². The van der Waals surface area contributed by atoms with E-state index in [0.29, 0.717) is 28.4 Å². The Morgan fingerprint density at radius 2 is 1.31 bits per heavy atom. The van der Waals surface area contributed by atoms with Gasteiger partial charge in [-0.2, -0.15) is 0 Å². The van der Waals surface area contributed by atoms with E-state index in [2.05, 4.69) is 0 Å². The first-order valence-electron chi connectivity index (χ1n) is 9.99. The summed E-state index contributed by atoms with van der Waals surface area (Å²) in [4.78, 5) is 29.9. The number of benzene rings is 3. The van der Waals surface area contributed by atoms with Crippen molar-refractivity contribution in [2.24, 2.45) is 0 Å². The number of carbonyl (C=O) groups is 2. The first kappa shape index (κ1) is 20.0. The van der Waals surface area contributed by atoms with Crippen molar-refractivity contribution in [3.63, 3.8) is 0 Å². The van der Waals surface area contributed by atoms with Gasteiger partial charge in [0.05, 0.1) is 11.4 Å². The van der Waals surface area contributed by atoms with Gasteiger partial charge in [-0.15, -0.1) is 0 Å². The third-order valence-electron chi connectivity index (χ3n) is 5.34. The Kier molecular flexibility index (Phi) is 4.95. The SMILES string of the molecule is Cc1cc2c(cc1C=C1C(=O)N(c3ccccc3)C(=S)N(c3ccccc3)C1=O)OCO2. The molecule has 1 saturated heterocycles. The monoisotopic (exact) mass is 442 g/mol. The molecule has 6 nitrogen and oxygen atoms in total. The van der Waals surface area contributed by atoms with Crippen LogP contribution in [0, 0.1) is 6.92 Å². The summed E-state index contributed by atoms with van der Waals surface area (Å²) in [5.41, 5.74) is 2.73. The van der Waals surface area contributed by atoms with E-state index in [4.69, 9.17) is 21.7 Å². The molecule has 0 unspecified atom stereocenters. The molecule has 7 heteroatoms. The molecule has 0 saturated carbocycles. The first-order valence-corrected chi connectivity index (χ1v) is 10.4. The van der Waals surface area contributed by atoms with Gasteiger partial charge in [0.2, 0.25) is 6.79 Å². The summed E-state index contributed by atoms with van der Waals surface area (Å²) in [6.07, 6.45) is 1.59. The second-order valence-corrected chi connectivity index (χ2v) is 7.72. The molecule has 0 radical (unpaired) electrons. The van der Waals surface area contributed by atoms with Crippen LogP contribution in [0.25, 0.3) is 6.08 Å². The second-order valence-electron chi connectivity index (χ2n) is 7.35. The lowest BCUT2D eigenvalue weighted by atomic mass is 10.0. The molecular weight excluding hydrogens is 424 g/mol. The van der Waals surface area contributed by atoms with Gasteiger partial charge >= 0.3 is 0 Å². The van der Waals surface area contributed by atoms with Crippen molar-refractivity contribution in [3.8, 4) is 11.5 Å². The predicted octanol–water partition coefficient (Wildman–Crippen LogP) is 4.47. The minimum atomic E-state index is -0.476. The Morgan fingerprint density at radius 3 is 1.84 bits per heavy atom. The molecule has 1 fully saturated rings. The maximum Gasteiger partial charge on any atom is 0.270 e. The van der Waals surface area contributed by atoms with E-state index in [9.17, 15) is 9.59 Å². The molecule has 0 spiro atoms. The molecule has 0 N–H and O–H groups in total. The summed E-state index contributed by atoms with van der Waals surface area (Å²) in [6, 6.07) is 21.7. The fourth-order valence-electron chi connectivity index (χ4n) is 3.71. The summed E-state index contributed by atoms with van der Waals surface area (Å²) in [5.74, 6) is 0.267. The molecular formula is C25H18N2O4S. The molecule has 0 aliphatic carbocycles. The van der Waals surface area contributed by atoms with E-state index in [1.807, 2.05) is 49.4 Å². The molecule has 0 atom stereocenters. The van der Waals surface area contributed by atoms with Crippen molar-refractivity contribution in [2.75, 3.05) is 16.6 Å². The molecule has 2 aliphatic rings. The maximum atomic E-state index is 13.5. The number of anilines is 2. The van der Waals surface area contributed by atoms with Gasteiger partial charge in [0.15, 0.2) is 16.6 Å². The standard InChI is InChI=1S/C25H18N2O4S/c1-16-12-21-22(31-15-30-21)14-17(16)13-20-23(28)26(18-8-4-2-5-9-18)25(32)27(24(20)29)19-10-6-3-7-11-19/h2-14H,15H2,1H3. The fourth-order valence-corrected chi connectivity index (χ4v) is 4.09. The van der Waals surface area contributed by atoms with Crippen LogP contribution in [0.2, 0.25) is 0 Å². The number of hydrogen-bond donors (Lipinski definition) is 0. The molecule has 2 heterocycles. The zero-order valence-corrected chi connectivity index (χ0v) is 18.0. The smallest absolute Gasteiger partial charge is 0.270 e. The third-order valence-corrected chi connectivity index (χ3v) is 5.70. The predicted molar refractivity (Wildman–Crippen MR) is 126 cm³/mol. The molecule has 2 aliphatic heterocycles. The van der Waals surface area contributed by atoms with E-state index >= 15 is 0 Å². The molecule has 32 heavy (non-hydrogen) atoms. The summed E-state index contributed by atoms with van der Waals surface area (Å²) >= 11 is 5.62. The highest BCUT2D eigenvalue weighted by Gasteiger charge is 2.41. The van der Waals surface area contributed by atoms with Crippen molar-refractivity contribution in [2.45, 2.75) is 6.92 Å². The lowest BCUT2D eigenvalue weighted by molar-refractivity contribution is -0.120. The summed E-state index contributed by atoms with van der Waals surface area (Å²) in [5, 5.41) is 0.108. The Bertz CT molecular complexity index is 1210. The number of carbonyl (C=O) groups excluding carboxylic acids is 2. The highest BCUT2D eigenvalue weighted by molar-refractivity contribution is 7.81. The van der Waals surface area contributed by atoms with Crippen LogP contribution in [0.4, 0.5) is 11.4 Å². The average molecular weight is 442 g/mol. The average Bonchev–Trinajstić information content (AvgIpc) is 3.25. The second kappa shape index (κ2) is 7.94. The minimum Gasteiger partial charge on any atom is -0.454 e. The van der Waals surface area contributed by atoms with Crippen LogP contribution in [0.1, 0.15) is 11.1 Å². The number of para-hydroxylation sites is 2. The van der Waals surface area contributed by atoms with Gasteiger partial charge in [-0.05, 0) is 72.7 Å². The number of rotatable bonds is 3. The number of hydrogen-bond acceptors (Lipinski definition) is 5. The van der Waals surface area contributed by atoms with E-state index in [1.165, 1.54) is 9.80 Å². The van der Waals surface area contributed by atoms with Crippen LogP contribution in [0.5, 0.6) is 11.5 Å². The molecule has 0 bridgehead atoms. The normalized spacial score (nSPS) is 15.4. The lowest BCUT2D eigenvalue weighted by Crippen LogP contribution is -2.56. The largest absolute Gasteiger partial charge is 0.454 e. The van der Waals surface area contributed by atoms with Crippen LogP contribution < -0.4 is 19.3 Å². The van der Waals surface area contributed by atoms with Crippen LogP contribution in [-0.4, -0.2) is 23.7 Å². The Morgan fingerprint density at radius 1 is 0.812 bits per heavy atom. The quantitative estimate of drug-likeness (QED) is 0.340. The van der Waals surface area contributed by atoms with Crippen molar-refractivity contribution in [3.05, 3.63) is 89.5 Å². The van der Waals surface area contributed by atoms with Gasteiger partial charge < -0.3 is 9.47 Å². The Hall–Kier alpha value is -3.97. The summed E-state index contributed by atoms with van der Waals surface area (Å²) < 4.78 is 10.9. The van der Waals surface area contributed by atoms with E-state index in [1.54, 1.807) is 36.4 Å². The molecule has 0 aromatic heterocycles. The van der Waals surface area contributed by atoms with Crippen molar-refractivity contribution in [1.29, 1.82) is 0 Å². The Balaban J connectivity index is 1.66. The number of ether oxygens (including phenoxy) is 2. The maximum absolute atomic E-state index is 13.5. The number of aryl methyl sites for hydroxylation is 1. The van der Waals surface area contributed by atoms with Gasteiger partial charge in [-0.3, -0.25) is 19.4 Å². The van der Waals surface area contributed by atoms with Crippen molar-refractivity contribution >= 4 is 46.6 Å². The highest BCUT2D eigenvalue weighted by Crippen LogP contribution is 2.36. The zero-order valence-electron chi connectivity index (χ0n) is 17.1. The zero-order chi connectivity index (χ0) is 22.2. The van der Waals surface area contributed by atoms with E-state index in [0.717, 1.165) is 5.56 Å². The lowest BCUT2D eigenvalue weighted by Gasteiger charge is -2.36. The van der Waals surface area contributed by atoms with Gasteiger partial charge in [0, 0.05) is 0 Å². The first-order chi connectivity index (χ1) is 15.5. The van der Waals surface area contributed by atoms with Crippen LogP contribution in [0.3, 0.4) is 0 Å². The minimum absolute atomic E-state index is 0.00766. The van der Waals surface area contributed by atoms with E-state index < -0.39 is 11.8 Å². The van der Waals surface area contributed by atoms with Gasteiger partial charge in [-0.1, -0.05) is 36.4 Å². The van der Waals surface area contributed by atoms with Crippen molar-refractivity contribution < 1.29 is 19.1 Å². The molecule has 158 valence electrons. The summed E-state index contributed by atoms with van der Waals surface area (Å²) in [6.45, 7) is 2.03. The van der Waals surface area contributed by atoms with Gasteiger partial charge in [0.1, 0.15) is 5.57 Å². The van der Waals surface area contributed by atoms with Gasteiger partial charge in [0.25, 0.3) is 11.8 Å². The molecule has 2 amide bonds. The topological polar surface area (TPSA) is 59.1 Å². The van der Waals surface area contributed by atoms with Gasteiger partial charge in [-0.25, -0.2) is 0 Å². The van der Waals surface area contributed by atoms with E-state index in [-0.39, 0.29) is 17.5 Å². The molecule has 3 aromatic rings. The van der Waals surface area contributed by atoms with Crippen LogP contribution in [0.15, 0.2) is 78.4 Å². The fraction of sp³-hybridized carbons (Fsp3) is 0.0800. The highest BCUT2D eigenvalue weighted by atomic mass is 32.1. The molecule has 3 aromatic carbocycles. The number of nitrogens with zero attached hydrogens (tertiary/aromatic N) is 2. The number of amides is 2. The third kappa shape index (κ3) is 3.33. The number of fused-ring (bicyclic) bond motifs is 1. The summed E-state index contributed by atoms with van der Waals surface area (Å²) in [7, 11) is 0. The Labute approximate surface area is 190 Å². The van der Waals surface area contributed by atoms with Crippen molar-refractivity contribution in [1.82, 2.24) is 0 Å². The van der Waals surface area contributed by atoms with Crippen LogP contribution in [-0.2, 0) is 9.59 Å². The number of thiocarbonyl (C=S) groups is 1.